The van der Waals surface area contributed by atoms with Gasteiger partial charge in [-0.1, -0.05) is 6.07 Å². The molecule has 10 heavy (non-hydrogen) atoms. The van der Waals surface area contributed by atoms with Crippen LogP contribution in [-0.2, 0) is 0 Å². The van der Waals surface area contributed by atoms with E-state index >= 15 is 0 Å². The van der Waals surface area contributed by atoms with Crippen LogP contribution in [0.4, 0.5) is 0 Å². The quantitative estimate of drug-likeness (QED) is 0.538. The van der Waals surface area contributed by atoms with Crippen LogP contribution in [0.25, 0.3) is 0 Å². The summed E-state index contributed by atoms with van der Waals surface area (Å²) < 4.78 is 4.41. The van der Waals surface area contributed by atoms with Gasteiger partial charge in [0.2, 0.25) is 0 Å². The first-order valence-corrected chi connectivity index (χ1v) is 2.73. The number of rotatable bonds is 2. The highest BCUT2D eigenvalue weighted by molar-refractivity contribution is 6.33. The molecule has 0 aliphatic carbocycles. The lowest BCUT2D eigenvalue weighted by atomic mass is 10.3. The Bertz CT molecular complexity index is 191. The molecule has 0 unspecified atom stereocenters. The highest BCUT2D eigenvalue weighted by Gasteiger charge is 2.10. The molecule has 0 aromatic carbocycles. The Morgan fingerprint density at radius 1 is 1.40 bits per heavy atom. The highest BCUT2D eigenvalue weighted by atomic mass is 16.6. The van der Waals surface area contributed by atoms with Crippen LogP contribution in [0.2, 0.25) is 0 Å². The van der Waals surface area contributed by atoms with Gasteiger partial charge in [0, 0.05) is 6.20 Å². The molecule has 0 spiro atoms. The summed E-state index contributed by atoms with van der Waals surface area (Å²) in [5.41, 5.74) is 0. The monoisotopic (exact) mass is 139 g/mol. The Morgan fingerprint density at radius 2 is 2.20 bits per heavy atom. The minimum atomic E-state index is -1.80. The third kappa shape index (κ3) is 2.04. The molecule has 1 aromatic rings. The Hall–Kier alpha value is -1.07. The van der Waals surface area contributed by atoms with Crippen molar-refractivity contribution in [1.29, 1.82) is 0 Å². The lowest BCUT2D eigenvalue weighted by Gasteiger charge is -2.00. The molecule has 1 aromatic heterocycles. The predicted octanol–water partition coefficient (Wildman–Crippen LogP) is -0.570. The number of hydrogen-bond donors (Lipinski definition) is 2. The summed E-state index contributed by atoms with van der Waals surface area (Å²) in [6, 6.07) is 4.92. The first-order valence-electron chi connectivity index (χ1n) is 2.73. The zero-order chi connectivity index (χ0) is 7.40. The first kappa shape index (κ1) is 7.05. The molecule has 0 saturated carbocycles. The van der Waals surface area contributed by atoms with Gasteiger partial charge in [0.1, 0.15) is 0 Å². The van der Waals surface area contributed by atoms with E-state index in [9.17, 15) is 0 Å². The van der Waals surface area contributed by atoms with Gasteiger partial charge >= 0.3 is 7.32 Å². The molecule has 0 bridgehead atoms. The molecule has 0 aliphatic heterocycles. The van der Waals surface area contributed by atoms with Gasteiger partial charge in [-0.05, 0) is 12.1 Å². The molecular weight excluding hydrogens is 133 g/mol. The van der Waals surface area contributed by atoms with Crippen molar-refractivity contribution in [2.75, 3.05) is 0 Å². The van der Waals surface area contributed by atoms with Crippen LogP contribution in [0.15, 0.2) is 24.4 Å². The fraction of sp³-hybridized carbons (Fsp3) is 0. The molecule has 0 aliphatic rings. The third-order valence-electron chi connectivity index (χ3n) is 0.864. The fourth-order valence-corrected chi connectivity index (χ4v) is 0.525. The zero-order valence-electron chi connectivity index (χ0n) is 5.14. The topological polar surface area (TPSA) is 62.6 Å². The molecule has 52 valence electrons. The molecule has 0 amide bonds. The van der Waals surface area contributed by atoms with E-state index in [1.165, 1.54) is 12.3 Å². The van der Waals surface area contributed by atoms with E-state index in [1.807, 2.05) is 0 Å². The van der Waals surface area contributed by atoms with Gasteiger partial charge in [-0.2, -0.15) is 0 Å². The van der Waals surface area contributed by atoms with Crippen LogP contribution in [0.1, 0.15) is 0 Å². The van der Waals surface area contributed by atoms with E-state index in [0.29, 0.717) is 0 Å². The van der Waals surface area contributed by atoms with Crippen molar-refractivity contribution in [3.63, 3.8) is 0 Å². The van der Waals surface area contributed by atoms with Crippen molar-refractivity contribution < 1.29 is 14.7 Å². The van der Waals surface area contributed by atoms with Crippen LogP contribution in [-0.4, -0.2) is 22.4 Å². The SMILES string of the molecule is OB(O)Oc1ccccn1. The maximum atomic E-state index is 8.30. The van der Waals surface area contributed by atoms with Gasteiger partial charge in [0.05, 0.1) is 0 Å². The van der Waals surface area contributed by atoms with Crippen molar-refractivity contribution in [3.8, 4) is 5.88 Å². The second kappa shape index (κ2) is 3.19. The van der Waals surface area contributed by atoms with Crippen LogP contribution in [0, 0.1) is 0 Å². The molecule has 0 radical (unpaired) electrons. The summed E-state index contributed by atoms with van der Waals surface area (Å²) in [5.74, 6) is 0.192. The Labute approximate surface area is 58.3 Å². The Balaban J connectivity index is 2.59. The number of nitrogens with zero attached hydrogens (tertiary/aromatic N) is 1. The summed E-state index contributed by atoms with van der Waals surface area (Å²) in [6.45, 7) is 0. The Kier molecular flexibility index (Phi) is 2.25. The fourth-order valence-electron chi connectivity index (χ4n) is 0.525. The van der Waals surface area contributed by atoms with Crippen molar-refractivity contribution >= 4 is 7.32 Å². The van der Waals surface area contributed by atoms with Crippen LogP contribution < -0.4 is 4.65 Å². The molecule has 1 rings (SSSR count). The number of aromatic nitrogens is 1. The highest BCUT2D eigenvalue weighted by Crippen LogP contribution is 2.02. The largest absolute Gasteiger partial charge is 0.708 e. The van der Waals surface area contributed by atoms with Gasteiger partial charge in [-0.25, -0.2) is 4.98 Å². The van der Waals surface area contributed by atoms with Gasteiger partial charge < -0.3 is 14.7 Å². The summed E-state index contributed by atoms with van der Waals surface area (Å²) in [4.78, 5) is 3.68. The summed E-state index contributed by atoms with van der Waals surface area (Å²) in [5, 5.41) is 16.6. The molecule has 4 nitrogen and oxygen atoms in total. The van der Waals surface area contributed by atoms with E-state index < -0.39 is 7.32 Å². The second-order valence-corrected chi connectivity index (χ2v) is 1.61. The molecule has 0 atom stereocenters. The molecular formula is C5H6BNO3. The minimum Gasteiger partial charge on any atom is -0.498 e. The maximum Gasteiger partial charge on any atom is 0.708 e. The van der Waals surface area contributed by atoms with Crippen molar-refractivity contribution in [2.45, 2.75) is 0 Å². The predicted molar refractivity (Wildman–Crippen MR) is 35.1 cm³/mol. The van der Waals surface area contributed by atoms with E-state index in [-0.39, 0.29) is 5.88 Å². The van der Waals surface area contributed by atoms with Crippen molar-refractivity contribution in [2.24, 2.45) is 0 Å². The lowest BCUT2D eigenvalue weighted by molar-refractivity contribution is 0.283. The lowest BCUT2D eigenvalue weighted by Crippen LogP contribution is -2.20. The van der Waals surface area contributed by atoms with E-state index in [0.717, 1.165) is 0 Å². The minimum absolute atomic E-state index is 0.192. The number of pyridine rings is 1. The molecule has 0 saturated heterocycles. The van der Waals surface area contributed by atoms with Crippen LogP contribution >= 0.6 is 0 Å². The molecule has 1 heterocycles. The van der Waals surface area contributed by atoms with Crippen LogP contribution in [0.5, 0.6) is 5.88 Å². The maximum absolute atomic E-state index is 8.30. The van der Waals surface area contributed by atoms with E-state index in [2.05, 4.69) is 9.64 Å². The van der Waals surface area contributed by atoms with Crippen molar-refractivity contribution in [1.82, 2.24) is 4.98 Å². The zero-order valence-corrected chi connectivity index (χ0v) is 5.14. The smallest absolute Gasteiger partial charge is 0.498 e. The average molecular weight is 139 g/mol. The van der Waals surface area contributed by atoms with Gasteiger partial charge in [0.15, 0.2) is 5.88 Å². The van der Waals surface area contributed by atoms with Gasteiger partial charge in [0.25, 0.3) is 0 Å². The van der Waals surface area contributed by atoms with Gasteiger partial charge in [-0.3, -0.25) is 0 Å². The molecule has 2 N–H and O–H groups in total. The van der Waals surface area contributed by atoms with E-state index in [4.69, 9.17) is 10.0 Å². The second-order valence-electron chi connectivity index (χ2n) is 1.61. The summed E-state index contributed by atoms with van der Waals surface area (Å²) >= 11 is 0. The Morgan fingerprint density at radius 3 is 2.70 bits per heavy atom. The average Bonchev–Trinajstić information content (AvgIpc) is 1.88. The van der Waals surface area contributed by atoms with E-state index in [1.54, 1.807) is 12.1 Å². The third-order valence-corrected chi connectivity index (χ3v) is 0.864. The molecule has 0 fully saturated rings. The summed E-state index contributed by atoms with van der Waals surface area (Å²) in [7, 11) is -1.80. The molecule has 5 heteroatoms. The summed E-state index contributed by atoms with van der Waals surface area (Å²) in [6.07, 6.45) is 1.50. The van der Waals surface area contributed by atoms with Crippen LogP contribution in [0.3, 0.4) is 0 Å². The standard InChI is InChI=1S/C5H6BNO3/c8-6(9)10-5-3-1-2-4-7-5/h1-4,8-9H. The number of hydrogen-bond acceptors (Lipinski definition) is 4. The van der Waals surface area contributed by atoms with Gasteiger partial charge in [-0.15, -0.1) is 0 Å². The first-order chi connectivity index (χ1) is 4.79. The van der Waals surface area contributed by atoms with Crippen molar-refractivity contribution in [3.05, 3.63) is 24.4 Å². The normalized spacial score (nSPS) is 9.00.